The van der Waals surface area contributed by atoms with Gasteiger partial charge in [-0.05, 0) is 44.7 Å². The summed E-state index contributed by atoms with van der Waals surface area (Å²) >= 11 is 0. The van der Waals surface area contributed by atoms with Gasteiger partial charge in [0, 0.05) is 18.8 Å². The molecule has 0 saturated heterocycles. The lowest BCUT2D eigenvalue weighted by molar-refractivity contribution is -0.132. The van der Waals surface area contributed by atoms with Crippen molar-refractivity contribution in [2.75, 3.05) is 6.54 Å². The van der Waals surface area contributed by atoms with Crippen molar-refractivity contribution in [1.82, 2.24) is 5.32 Å². The van der Waals surface area contributed by atoms with E-state index in [-0.39, 0.29) is 23.9 Å². The van der Waals surface area contributed by atoms with Gasteiger partial charge in [-0.1, -0.05) is 37.3 Å². The van der Waals surface area contributed by atoms with E-state index in [2.05, 4.69) is 5.32 Å². The van der Waals surface area contributed by atoms with Crippen molar-refractivity contribution < 1.29 is 14.4 Å². The maximum atomic E-state index is 12.9. The van der Waals surface area contributed by atoms with Crippen LogP contribution in [0.5, 0.6) is 0 Å². The summed E-state index contributed by atoms with van der Waals surface area (Å²) in [6.07, 6.45) is 3.00. The Morgan fingerprint density at radius 1 is 1.07 bits per heavy atom. The molecule has 1 rings (SSSR count). The Bertz CT molecular complexity index is 602. The van der Waals surface area contributed by atoms with Crippen LogP contribution in [-0.4, -0.2) is 36.1 Å². The van der Waals surface area contributed by atoms with Crippen molar-refractivity contribution in [2.24, 2.45) is 17.4 Å². The number of ketones is 2. The molecule has 1 unspecified atom stereocenters. The molecule has 0 aromatic heterocycles. The van der Waals surface area contributed by atoms with E-state index < -0.39 is 18.0 Å². The van der Waals surface area contributed by atoms with Crippen LogP contribution >= 0.6 is 0 Å². The van der Waals surface area contributed by atoms with Crippen molar-refractivity contribution in [3.8, 4) is 0 Å². The van der Waals surface area contributed by atoms with Gasteiger partial charge in [-0.15, -0.1) is 0 Å². The fourth-order valence-corrected chi connectivity index (χ4v) is 2.93. The molecule has 27 heavy (non-hydrogen) atoms. The number of carbonyl (C=O) groups is 3. The summed E-state index contributed by atoms with van der Waals surface area (Å²) in [7, 11) is 0. The monoisotopic (exact) mass is 375 g/mol. The predicted molar refractivity (Wildman–Crippen MR) is 107 cm³/mol. The van der Waals surface area contributed by atoms with Gasteiger partial charge in [0.2, 0.25) is 5.91 Å². The number of Topliss-reactive ketones (excluding diaryl/α,β-unsaturated/α-hetero) is 2. The van der Waals surface area contributed by atoms with Gasteiger partial charge in [0.25, 0.3) is 0 Å². The minimum absolute atomic E-state index is 0.00245. The number of benzene rings is 1. The Kier molecular flexibility index (Phi) is 10.5. The molecule has 0 saturated carbocycles. The lowest BCUT2D eigenvalue weighted by Gasteiger charge is -2.22. The van der Waals surface area contributed by atoms with E-state index in [9.17, 15) is 14.4 Å². The van der Waals surface area contributed by atoms with Crippen molar-refractivity contribution in [3.63, 3.8) is 0 Å². The second-order valence-electron chi connectivity index (χ2n) is 7.01. The van der Waals surface area contributed by atoms with Crippen LogP contribution in [0.25, 0.3) is 0 Å². The quantitative estimate of drug-likeness (QED) is 0.454. The Morgan fingerprint density at radius 3 is 2.30 bits per heavy atom. The molecule has 6 heteroatoms. The van der Waals surface area contributed by atoms with Crippen LogP contribution in [0, 0.1) is 5.92 Å². The number of amides is 1. The first-order valence-electron chi connectivity index (χ1n) is 9.74. The van der Waals surface area contributed by atoms with Crippen LogP contribution in [-0.2, 0) is 20.8 Å². The molecule has 6 nitrogen and oxygen atoms in total. The summed E-state index contributed by atoms with van der Waals surface area (Å²) in [5.41, 5.74) is 12.2. The van der Waals surface area contributed by atoms with Crippen LogP contribution in [0.3, 0.4) is 0 Å². The summed E-state index contributed by atoms with van der Waals surface area (Å²) in [6, 6.07) is 8.39. The van der Waals surface area contributed by atoms with Gasteiger partial charge in [-0.3, -0.25) is 14.4 Å². The zero-order chi connectivity index (χ0) is 20.2. The summed E-state index contributed by atoms with van der Waals surface area (Å²) in [5, 5.41) is 2.87. The topological polar surface area (TPSA) is 115 Å². The van der Waals surface area contributed by atoms with Gasteiger partial charge in [0.05, 0.1) is 12.1 Å². The van der Waals surface area contributed by atoms with Crippen molar-refractivity contribution >= 4 is 17.5 Å². The second-order valence-corrected chi connectivity index (χ2v) is 7.01. The average molecular weight is 376 g/mol. The zero-order valence-electron chi connectivity index (χ0n) is 16.4. The SMILES string of the molecule is CCC(=O)C(CCCCN)NC(=O)[C@H](CC(=O)[C@H](C)N)Cc1ccccc1. The molecule has 1 amide bonds. The standard InChI is InChI=1S/C21H33N3O3/c1-3-19(25)18(11-7-8-12-22)24-21(27)17(14-20(26)15(2)23)13-16-9-5-4-6-10-16/h4-6,9-10,15,17-18H,3,7-8,11-14,22-23H2,1-2H3,(H,24,27)/t15-,17-,18?/m0/s1. The van der Waals surface area contributed by atoms with Gasteiger partial charge in [-0.25, -0.2) is 0 Å². The first kappa shape index (κ1) is 23.0. The molecule has 0 spiro atoms. The van der Waals surface area contributed by atoms with Crippen molar-refractivity contribution in [2.45, 2.75) is 64.5 Å². The van der Waals surface area contributed by atoms with Crippen LogP contribution in [0.2, 0.25) is 0 Å². The average Bonchev–Trinajstić information content (AvgIpc) is 2.66. The van der Waals surface area contributed by atoms with E-state index in [1.807, 2.05) is 30.3 Å². The highest BCUT2D eigenvalue weighted by atomic mass is 16.2. The fourth-order valence-electron chi connectivity index (χ4n) is 2.93. The number of carbonyl (C=O) groups excluding carboxylic acids is 3. The first-order chi connectivity index (χ1) is 12.9. The van der Waals surface area contributed by atoms with Crippen LogP contribution in [0.15, 0.2) is 30.3 Å². The highest BCUT2D eigenvalue weighted by Crippen LogP contribution is 2.15. The van der Waals surface area contributed by atoms with Gasteiger partial charge >= 0.3 is 0 Å². The maximum Gasteiger partial charge on any atom is 0.224 e. The highest BCUT2D eigenvalue weighted by molar-refractivity contribution is 5.92. The second kappa shape index (κ2) is 12.4. The number of nitrogens with two attached hydrogens (primary N) is 2. The maximum absolute atomic E-state index is 12.9. The molecule has 1 aromatic rings. The van der Waals surface area contributed by atoms with Crippen LogP contribution in [0.1, 0.15) is 51.5 Å². The van der Waals surface area contributed by atoms with E-state index in [0.29, 0.717) is 25.8 Å². The molecule has 150 valence electrons. The zero-order valence-corrected chi connectivity index (χ0v) is 16.4. The minimum Gasteiger partial charge on any atom is -0.346 e. The third-order valence-corrected chi connectivity index (χ3v) is 4.65. The van der Waals surface area contributed by atoms with E-state index in [1.54, 1.807) is 13.8 Å². The van der Waals surface area contributed by atoms with E-state index in [4.69, 9.17) is 11.5 Å². The Labute approximate surface area is 162 Å². The number of hydrogen-bond donors (Lipinski definition) is 3. The number of rotatable bonds is 13. The summed E-state index contributed by atoms with van der Waals surface area (Å²) in [5.74, 6) is -0.982. The summed E-state index contributed by atoms with van der Waals surface area (Å²) in [6.45, 7) is 3.96. The highest BCUT2D eigenvalue weighted by Gasteiger charge is 2.27. The first-order valence-corrected chi connectivity index (χ1v) is 9.74. The molecule has 0 bridgehead atoms. The molecule has 0 aliphatic carbocycles. The van der Waals surface area contributed by atoms with E-state index in [0.717, 1.165) is 18.4 Å². The molecule has 0 aliphatic rings. The molecular formula is C21H33N3O3. The van der Waals surface area contributed by atoms with Crippen molar-refractivity contribution in [3.05, 3.63) is 35.9 Å². The van der Waals surface area contributed by atoms with Crippen molar-refractivity contribution in [1.29, 1.82) is 0 Å². The third kappa shape index (κ3) is 8.45. The molecule has 0 aliphatic heterocycles. The third-order valence-electron chi connectivity index (χ3n) is 4.65. The predicted octanol–water partition coefficient (Wildman–Crippen LogP) is 1.74. The molecule has 0 fully saturated rings. The van der Waals surface area contributed by atoms with E-state index in [1.165, 1.54) is 0 Å². The largest absolute Gasteiger partial charge is 0.346 e. The van der Waals surface area contributed by atoms with Gasteiger partial charge in [-0.2, -0.15) is 0 Å². The van der Waals surface area contributed by atoms with Gasteiger partial charge in [0.1, 0.15) is 5.78 Å². The minimum atomic E-state index is -0.617. The number of nitrogens with one attached hydrogen (secondary N) is 1. The van der Waals surface area contributed by atoms with Crippen LogP contribution < -0.4 is 16.8 Å². The molecule has 1 aromatic carbocycles. The van der Waals surface area contributed by atoms with Gasteiger partial charge < -0.3 is 16.8 Å². The molecule has 3 atom stereocenters. The molecule has 0 radical (unpaired) electrons. The number of unbranched alkanes of at least 4 members (excludes halogenated alkanes) is 1. The Hall–Kier alpha value is -2.05. The number of hydrogen-bond acceptors (Lipinski definition) is 5. The van der Waals surface area contributed by atoms with E-state index >= 15 is 0 Å². The lowest BCUT2D eigenvalue weighted by Crippen LogP contribution is -2.45. The summed E-state index contributed by atoms with van der Waals surface area (Å²) < 4.78 is 0. The molecular weight excluding hydrogens is 342 g/mol. The molecule has 5 N–H and O–H groups in total. The van der Waals surface area contributed by atoms with Gasteiger partial charge in [0.15, 0.2) is 5.78 Å². The van der Waals surface area contributed by atoms with Crippen LogP contribution in [0.4, 0.5) is 0 Å². The molecule has 0 heterocycles. The Morgan fingerprint density at radius 2 is 1.74 bits per heavy atom. The fraction of sp³-hybridized carbons (Fsp3) is 0.571. The smallest absolute Gasteiger partial charge is 0.224 e. The lowest BCUT2D eigenvalue weighted by atomic mass is 9.91. The summed E-state index contributed by atoms with van der Waals surface area (Å²) in [4.78, 5) is 37.3. The Balaban J connectivity index is 2.88. The normalized spacial score (nSPS) is 14.2.